The predicted octanol–water partition coefficient (Wildman–Crippen LogP) is 3.48. The molecule has 29 heavy (non-hydrogen) atoms. The van der Waals surface area contributed by atoms with Crippen LogP contribution < -0.4 is 0 Å². The Labute approximate surface area is 170 Å². The van der Waals surface area contributed by atoms with Gasteiger partial charge in [0.1, 0.15) is 5.82 Å². The minimum atomic E-state index is -0.478. The highest BCUT2D eigenvalue weighted by molar-refractivity contribution is 6.33. The maximum atomic E-state index is 13.5. The molecular formula is C19H18ClFN6O2. The average Bonchev–Trinajstić information content (AvgIpc) is 3.26. The maximum absolute atomic E-state index is 13.5. The molecule has 0 unspecified atom stereocenters. The van der Waals surface area contributed by atoms with Gasteiger partial charge in [-0.3, -0.25) is 4.79 Å². The molecule has 2 fully saturated rings. The van der Waals surface area contributed by atoms with Crippen LogP contribution in [0.3, 0.4) is 0 Å². The van der Waals surface area contributed by atoms with Gasteiger partial charge in [0.15, 0.2) is 11.5 Å². The van der Waals surface area contributed by atoms with E-state index in [9.17, 15) is 9.18 Å². The Bertz CT molecular complexity index is 1050. The van der Waals surface area contributed by atoms with Gasteiger partial charge in [0.25, 0.3) is 11.8 Å². The Morgan fingerprint density at radius 3 is 2.76 bits per heavy atom. The lowest BCUT2D eigenvalue weighted by Gasteiger charge is -2.32. The van der Waals surface area contributed by atoms with Gasteiger partial charge in [0, 0.05) is 19.0 Å². The van der Waals surface area contributed by atoms with Crippen molar-refractivity contribution in [3.63, 3.8) is 0 Å². The van der Waals surface area contributed by atoms with E-state index in [0.29, 0.717) is 43.4 Å². The molecule has 1 saturated carbocycles. The monoisotopic (exact) mass is 416 g/mol. The van der Waals surface area contributed by atoms with Crippen molar-refractivity contribution in [2.24, 2.45) is 0 Å². The molecule has 3 heterocycles. The van der Waals surface area contributed by atoms with Crippen LogP contribution in [0.1, 0.15) is 53.8 Å². The van der Waals surface area contributed by atoms with Crippen LogP contribution in [0.5, 0.6) is 0 Å². The molecule has 3 aromatic rings. The molecule has 150 valence electrons. The van der Waals surface area contributed by atoms with Crippen LogP contribution in [-0.4, -0.2) is 49.0 Å². The lowest BCUT2D eigenvalue weighted by atomic mass is 10.0. The highest BCUT2D eigenvalue weighted by atomic mass is 35.5. The Morgan fingerprint density at radius 1 is 1.21 bits per heavy atom. The second-order valence-corrected chi connectivity index (χ2v) is 7.87. The van der Waals surface area contributed by atoms with Gasteiger partial charge in [-0.1, -0.05) is 22.0 Å². The van der Waals surface area contributed by atoms with Crippen LogP contribution in [0.2, 0.25) is 5.02 Å². The van der Waals surface area contributed by atoms with E-state index in [-0.39, 0.29) is 22.5 Å². The number of hydrogen-bond acceptors (Lipinski definition) is 6. The summed E-state index contributed by atoms with van der Waals surface area (Å²) in [5, 5.41) is 12.6. The molecule has 0 N–H and O–H groups in total. The van der Waals surface area contributed by atoms with Crippen molar-refractivity contribution in [3.8, 4) is 11.6 Å². The Morgan fingerprint density at radius 2 is 2.00 bits per heavy atom. The number of hydrogen-bond donors (Lipinski definition) is 0. The first-order valence-electron chi connectivity index (χ1n) is 9.58. The van der Waals surface area contributed by atoms with E-state index in [1.54, 1.807) is 15.8 Å². The summed E-state index contributed by atoms with van der Waals surface area (Å²) in [7, 11) is 0. The van der Waals surface area contributed by atoms with Gasteiger partial charge in [-0.15, -0.1) is 5.10 Å². The van der Waals surface area contributed by atoms with Gasteiger partial charge < -0.3 is 9.42 Å². The summed E-state index contributed by atoms with van der Waals surface area (Å²) in [6.45, 7) is 1.05. The third-order valence-corrected chi connectivity index (χ3v) is 5.73. The van der Waals surface area contributed by atoms with E-state index in [4.69, 9.17) is 16.1 Å². The highest BCUT2D eigenvalue weighted by Gasteiger charge is 2.30. The van der Waals surface area contributed by atoms with E-state index < -0.39 is 5.82 Å². The maximum Gasteiger partial charge on any atom is 0.280 e. The number of piperidine rings is 1. The topological polar surface area (TPSA) is 89.9 Å². The lowest BCUT2D eigenvalue weighted by Crippen LogP contribution is -2.39. The first-order valence-corrected chi connectivity index (χ1v) is 9.96. The largest absolute Gasteiger partial charge is 0.338 e. The number of nitrogens with zero attached hydrogens (tertiary/aromatic N) is 6. The third-order valence-electron chi connectivity index (χ3n) is 5.40. The summed E-state index contributed by atoms with van der Waals surface area (Å²) in [6.07, 6.45) is 5.42. The van der Waals surface area contributed by atoms with Crippen molar-refractivity contribution < 1.29 is 13.7 Å². The van der Waals surface area contributed by atoms with Crippen molar-refractivity contribution in [1.82, 2.24) is 30.0 Å². The normalized spacial score (nSPS) is 17.7. The summed E-state index contributed by atoms with van der Waals surface area (Å²) in [5.41, 5.74) is 0.741. The fraction of sp³-hybridized carbons (Fsp3) is 0.421. The van der Waals surface area contributed by atoms with Crippen molar-refractivity contribution in [2.75, 3.05) is 13.1 Å². The Hall–Kier alpha value is -2.81. The molecule has 1 aromatic carbocycles. The van der Waals surface area contributed by atoms with E-state index in [2.05, 4.69) is 20.5 Å². The molecule has 0 bridgehead atoms. The van der Waals surface area contributed by atoms with Crippen molar-refractivity contribution >= 4 is 17.5 Å². The standard InChI is InChI=1S/C19H18ClFN6O2/c20-15-4-3-12(21)9-14(15)19(28)26-7-5-13(6-8-26)27-10-16(23-25-27)18-22-17(24-29-18)11-1-2-11/h3-4,9-11,13H,1-2,5-8H2. The molecule has 1 amide bonds. The number of carbonyl (C=O) groups excluding carboxylic acids is 1. The molecule has 10 heteroatoms. The summed E-state index contributed by atoms with van der Waals surface area (Å²) in [4.78, 5) is 18.8. The summed E-state index contributed by atoms with van der Waals surface area (Å²) < 4.78 is 20.6. The summed E-state index contributed by atoms with van der Waals surface area (Å²) in [6, 6.07) is 3.93. The molecule has 0 atom stereocenters. The van der Waals surface area contributed by atoms with Crippen LogP contribution in [0.4, 0.5) is 4.39 Å². The smallest absolute Gasteiger partial charge is 0.280 e. The third kappa shape index (κ3) is 3.62. The molecule has 1 saturated heterocycles. The number of carbonyl (C=O) groups is 1. The van der Waals surface area contributed by atoms with Gasteiger partial charge in [-0.25, -0.2) is 9.07 Å². The Balaban J connectivity index is 1.24. The number of rotatable bonds is 4. The van der Waals surface area contributed by atoms with E-state index in [0.717, 1.165) is 18.7 Å². The number of aromatic nitrogens is 5. The van der Waals surface area contributed by atoms with Gasteiger partial charge in [-0.2, -0.15) is 4.98 Å². The van der Waals surface area contributed by atoms with Crippen molar-refractivity contribution in [1.29, 1.82) is 0 Å². The van der Waals surface area contributed by atoms with Crippen LogP contribution in [-0.2, 0) is 0 Å². The second kappa shape index (κ2) is 7.22. The van der Waals surface area contributed by atoms with E-state index in [1.807, 2.05) is 0 Å². The molecule has 0 radical (unpaired) electrons. The molecule has 1 aliphatic heterocycles. The summed E-state index contributed by atoms with van der Waals surface area (Å²) >= 11 is 6.06. The molecule has 8 nitrogen and oxygen atoms in total. The fourth-order valence-electron chi connectivity index (χ4n) is 3.56. The van der Waals surface area contributed by atoms with Gasteiger partial charge in [0.2, 0.25) is 0 Å². The first kappa shape index (κ1) is 18.2. The Kier molecular flexibility index (Phi) is 4.54. The molecule has 0 spiro atoms. The van der Waals surface area contributed by atoms with Gasteiger partial charge in [-0.05, 0) is 43.9 Å². The number of benzene rings is 1. The first-order chi connectivity index (χ1) is 14.1. The number of amides is 1. The molecular weight excluding hydrogens is 399 g/mol. The van der Waals surface area contributed by atoms with Gasteiger partial charge >= 0.3 is 0 Å². The van der Waals surface area contributed by atoms with Crippen LogP contribution >= 0.6 is 11.6 Å². The average molecular weight is 417 g/mol. The quantitative estimate of drug-likeness (QED) is 0.646. The molecule has 2 aromatic heterocycles. The minimum absolute atomic E-state index is 0.106. The summed E-state index contributed by atoms with van der Waals surface area (Å²) in [5.74, 6) is 0.791. The van der Waals surface area contributed by atoms with Crippen LogP contribution in [0, 0.1) is 5.82 Å². The van der Waals surface area contributed by atoms with E-state index >= 15 is 0 Å². The highest BCUT2D eigenvalue weighted by Crippen LogP contribution is 2.38. The zero-order chi connectivity index (χ0) is 20.0. The van der Waals surface area contributed by atoms with Crippen LogP contribution in [0.15, 0.2) is 28.9 Å². The lowest BCUT2D eigenvalue weighted by molar-refractivity contribution is 0.0689. The fourth-order valence-corrected chi connectivity index (χ4v) is 3.76. The zero-order valence-electron chi connectivity index (χ0n) is 15.5. The zero-order valence-corrected chi connectivity index (χ0v) is 16.2. The molecule has 5 rings (SSSR count). The predicted molar refractivity (Wildman–Crippen MR) is 101 cm³/mol. The van der Waals surface area contributed by atoms with Crippen molar-refractivity contribution in [2.45, 2.75) is 37.6 Å². The van der Waals surface area contributed by atoms with Crippen molar-refractivity contribution in [3.05, 3.63) is 46.6 Å². The minimum Gasteiger partial charge on any atom is -0.338 e. The SMILES string of the molecule is O=C(c1cc(F)ccc1Cl)N1CCC(n2cc(-c3nc(C4CC4)no3)nn2)CC1. The molecule has 1 aliphatic carbocycles. The number of likely N-dealkylation sites (tertiary alicyclic amines) is 1. The van der Waals surface area contributed by atoms with Gasteiger partial charge in [0.05, 0.1) is 22.8 Å². The van der Waals surface area contributed by atoms with Crippen LogP contribution in [0.25, 0.3) is 11.6 Å². The molecule has 2 aliphatic rings. The van der Waals surface area contributed by atoms with E-state index in [1.165, 1.54) is 18.2 Å². The number of halogens is 2. The second-order valence-electron chi connectivity index (χ2n) is 7.46.